The van der Waals surface area contributed by atoms with Crippen molar-refractivity contribution in [2.24, 2.45) is 5.92 Å². The van der Waals surface area contributed by atoms with Gasteiger partial charge in [0.15, 0.2) is 0 Å². The molecule has 0 radical (unpaired) electrons. The van der Waals surface area contributed by atoms with Crippen LogP contribution in [0.1, 0.15) is 78.2 Å². The van der Waals surface area contributed by atoms with Crippen LogP contribution < -0.4 is 5.32 Å². The third-order valence-corrected chi connectivity index (χ3v) is 6.78. The second-order valence-corrected chi connectivity index (χ2v) is 10.9. The predicted molar refractivity (Wildman–Crippen MR) is 118 cm³/mol. The predicted octanol–water partition coefficient (Wildman–Crippen LogP) is 5.34. The van der Waals surface area contributed by atoms with Crippen molar-refractivity contribution in [3.63, 3.8) is 0 Å². The molecule has 6 nitrogen and oxygen atoms in total. The van der Waals surface area contributed by atoms with E-state index in [9.17, 15) is 13.2 Å². The Bertz CT molecular complexity index is 777. The number of hydrogen-bond donors (Lipinski definition) is 1. The third kappa shape index (κ3) is 7.91. The van der Waals surface area contributed by atoms with Gasteiger partial charge in [0.05, 0.1) is 17.0 Å². The summed E-state index contributed by atoms with van der Waals surface area (Å²) in [6, 6.07) is 6.16. The lowest BCUT2D eigenvalue weighted by molar-refractivity contribution is 0.0420. The van der Waals surface area contributed by atoms with Crippen LogP contribution in [0.25, 0.3) is 0 Å². The highest BCUT2D eigenvalue weighted by Crippen LogP contribution is 2.30. The van der Waals surface area contributed by atoms with Crippen LogP contribution in [0.2, 0.25) is 0 Å². The van der Waals surface area contributed by atoms with Gasteiger partial charge in [0, 0.05) is 0 Å². The zero-order chi connectivity index (χ0) is 22.4. The van der Waals surface area contributed by atoms with Crippen LogP contribution in [-0.4, -0.2) is 32.3 Å². The Kier molecular flexibility index (Phi) is 8.73. The molecule has 0 saturated heterocycles. The second kappa shape index (κ2) is 10.6. The molecule has 0 bridgehead atoms. The molecule has 1 saturated carbocycles. The minimum Gasteiger partial charge on any atom is -0.444 e. The first kappa shape index (κ1) is 24.7. The van der Waals surface area contributed by atoms with Gasteiger partial charge in [-0.25, -0.2) is 4.79 Å². The van der Waals surface area contributed by atoms with Crippen molar-refractivity contribution in [1.82, 2.24) is 5.32 Å². The summed E-state index contributed by atoms with van der Waals surface area (Å²) in [6.07, 6.45) is 5.69. The summed E-state index contributed by atoms with van der Waals surface area (Å²) in [6.45, 7) is 9.19. The van der Waals surface area contributed by atoms with E-state index < -0.39 is 34.0 Å². The van der Waals surface area contributed by atoms with Gasteiger partial charge in [-0.15, -0.1) is 0 Å². The molecule has 2 atom stereocenters. The summed E-state index contributed by atoms with van der Waals surface area (Å²) in [5.41, 5.74) is 0.346. The van der Waals surface area contributed by atoms with Crippen LogP contribution in [-0.2, 0) is 19.0 Å². The van der Waals surface area contributed by atoms with E-state index in [1.807, 2.05) is 13.8 Å². The van der Waals surface area contributed by atoms with Gasteiger partial charge >= 0.3 is 6.09 Å². The molecule has 1 N–H and O–H groups in total. The van der Waals surface area contributed by atoms with E-state index in [2.05, 4.69) is 5.32 Å². The summed E-state index contributed by atoms with van der Waals surface area (Å²) in [7, 11) is -3.94. The van der Waals surface area contributed by atoms with Crippen molar-refractivity contribution in [2.45, 2.75) is 102 Å². The minimum atomic E-state index is -3.94. The summed E-state index contributed by atoms with van der Waals surface area (Å²) in [5.74, 6) is 0.443. The largest absolute Gasteiger partial charge is 0.444 e. The maximum Gasteiger partial charge on any atom is 0.407 e. The van der Waals surface area contributed by atoms with Crippen molar-refractivity contribution >= 4 is 16.2 Å². The van der Waals surface area contributed by atoms with E-state index in [1.54, 1.807) is 45.0 Å². The summed E-state index contributed by atoms with van der Waals surface area (Å²) >= 11 is 0. The molecule has 0 aliphatic heterocycles. The Balaban J connectivity index is 2.19. The van der Waals surface area contributed by atoms with Crippen molar-refractivity contribution in [3.8, 4) is 0 Å². The monoisotopic (exact) mass is 439 g/mol. The van der Waals surface area contributed by atoms with Crippen LogP contribution in [0.4, 0.5) is 4.79 Å². The maximum atomic E-state index is 12.9. The van der Waals surface area contributed by atoms with Gasteiger partial charge in [0.2, 0.25) is 0 Å². The van der Waals surface area contributed by atoms with Gasteiger partial charge in [0.25, 0.3) is 10.1 Å². The van der Waals surface area contributed by atoms with Crippen molar-refractivity contribution in [3.05, 3.63) is 29.8 Å². The standard InChI is InChI=1S/C23H37NO5S/c1-6-21(29-30(26,27)19-14-12-17(2)13-15-19)20(16-18-10-8-7-9-11-18)24-22(25)28-23(3,4)5/h12-15,18,20-21H,6-11,16H2,1-5H3,(H,24,25)/t20-,21?/m1/s1. The summed E-state index contributed by atoms with van der Waals surface area (Å²) in [5, 5.41) is 2.90. The fraction of sp³-hybridized carbons (Fsp3) is 0.696. The van der Waals surface area contributed by atoms with E-state index in [0.717, 1.165) is 18.4 Å². The Labute approximate surface area is 181 Å². The summed E-state index contributed by atoms with van der Waals surface area (Å²) in [4.78, 5) is 12.6. The molecule has 1 aliphatic rings. The molecule has 30 heavy (non-hydrogen) atoms. The molecule has 170 valence electrons. The number of nitrogens with one attached hydrogen (secondary N) is 1. The van der Waals surface area contributed by atoms with E-state index >= 15 is 0 Å². The SMILES string of the molecule is CCC(OS(=O)(=O)c1ccc(C)cc1)[C@@H](CC1CCCCC1)NC(=O)OC(C)(C)C. The van der Waals surface area contributed by atoms with E-state index in [-0.39, 0.29) is 4.90 Å². The molecule has 1 fully saturated rings. The average Bonchev–Trinajstić information content (AvgIpc) is 2.65. The maximum absolute atomic E-state index is 12.9. The quantitative estimate of drug-likeness (QED) is 0.553. The normalized spacial score (nSPS) is 17.9. The van der Waals surface area contributed by atoms with Crippen LogP contribution >= 0.6 is 0 Å². The van der Waals surface area contributed by atoms with Gasteiger partial charge in [-0.05, 0) is 58.6 Å². The first-order valence-corrected chi connectivity index (χ1v) is 12.4. The van der Waals surface area contributed by atoms with Gasteiger partial charge < -0.3 is 10.1 Å². The Morgan fingerprint density at radius 1 is 1.13 bits per heavy atom. The second-order valence-electron chi connectivity index (χ2n) is 9.30. The zero-order valence-corrected chi connectivity index (χ0v) is 19.8. The van der Waals surface area contributed by atoms with E-state index in [4.69, 9.17) is 8.92 Å². The van der Waals surface area contributed by atoms with Gasteiger partial charge in [-0.2, -0.15) is 8.42 Å². The molecule has 1 aliphatic carbocycles. The molecule has 0 aromatic heterocycles. The smallest absolute Gasteiger partial charge is 0.407 e. The lowest BCUT2D eigenvalue weighted by atomic mass is 9.83. The topological polar surface area (TPSA) is 81.7 Å². The van der Waals surface area contributed by atoms with Gasteiger partial charge in [0.1, 0.15) is 5.60 Å². The molecule has 7 heteroatoms. The third-order valence-electron chi connectivity index (χ3n) is 5.43. The molecular weight excluding hydrogens is 402 g/mol. The van der Waals surface area contributed by atoms with Gasteiger partial charge in [-0.1, -0.05) is 56.7 Å². The summed E-state index contributed by atoms with van der Waals surface area (Å²) < 4.78 is 36.8. The van der Waals surface area contributed by atoms with E-state index in [0.29, 0.717) is 18.8 Å². The van der Waals surface area contributed by atoms with Crippen LogP contribution in [0.15, 0.2) is 29.2 Å². The molecule has 1 aromatic carbocycles. The molecule has 0 spiro atoms. The molecule has 1 unspecified atom stereocenters. The number of carbonyl (C=O) groups is 1. The lowest BCUT2D eigenvalue weighted by Gasteiger charge is -2.32. The van der Waals surface area contributed by atoms with Crippen LogP contribution in [0.5, 0.6) is 0 Å². The number of rotatable bonds is 8. The van der Waals surface area contributed by atoms with Crippen molar-refractivity contribution in [1.29, 1.82) is 0 Å². The Hall–Kier alpha value is -1.60. The highest BCUT2D eigenvalue weighted by Gasteiger charge is 2.32. The Morgan fingerprint density at radius 2 is 1.73 bits per heavy atom. The number of ether oxygens (including phenoxy) is 1. The highest BCUT2D eigenvalue weighted by atomic mass is 32.2. The van der Waals surface area contributed by atoms with Crippen LogP contribution in [0, 0.1) is 12.8 Å². The zero-order valence-electron chi connectivity index (χ0n) is 18.9. The van der Waals surface area contributed by atoms with Crippen molar-refractivity contribution in [2.75, 3.05) is 0 Å². The Morgan fingerprint density at radius 3 is 2.27 bits per heavy atom. The fourth-order valence-corrected chi connectivity index (χ4v) is 5.06. The first-order valence-electron chi connectivity index (χ1n) is 11.0. The number of alkyl carbamates (subject to hydrolysis) is 1. The molecular formula is C23H37NO5S. The molecule has 1 aromatic rings. The first-order chi connectivity index (χ1) is 14.0. The lowest BCUT2D eigenvalue weighted by Crippen LogP contribution is -2.48. The average molecular weight is 440 g/mol. The highest BCUT2D eigenvalue weighted by molar-refractivity contribution is 7.86. The van der Waals surface area contributed by atoms with Crippen LogP contribution in [0.3, 0.4) is 0 Å². The fourth-order valence-electron chi connectivity index (χ4n) is 3.89. The van der Waals surface area contributed by atoms with E-state index in [1.165, 1.54) is 19.3 Å². The minimum absolute atomic E-state index is 0.125. The molecule has 2 rings (SSSR count). The number of benzene rings is 1. The molecule has 1 amide bonds. The number of amides is 1. The number of hydrogen-bond acceptors (Lipinski definition) is 5. The molecule has 0 heterocycles. The van der Waals surface area contributed by atoms with Gasteiger partial charge in [-0.3, -0.25) is 4.18 Å². The number of aryl methyl sites for hydroxylation is 1. The number of carbonyl (C=O) groups excluding carboxylic acids is 1. The van der Waals surface area contributed by atoms with Crippen molar-refractivity contribution < 1.29 is 22.1 Å².